The molecule has 0 aliphatic heterocycles. The topological polar surface area (TPSA) is 77.4 Å². The van der Waals surface area contributed by atoms with Gasteiger partial charge in [-0.3, -0.25) is 4.79 Å². The zero-order chi connectivity index (χ0) is 24.7. The van der Waals surface area contributed by atoms with E-state index in [1.807, 2.05) is 25.1 Å². The molecular formula is C25H30Cl2N4O3. The second kappa shape index (κ2) is 12.2. The number of amides is 1. The Bertz CT molecular complexity index is 1100. The van der Waals surface area contributed by atoms with E-state index in [0.717, 1.165) is 6.42 Å². The van der Waals surface area contributed by atoms with Crippen molar-refractivity contribution < 1.29 is 14.3 Å². The third kappa shape index (κ3) is 6.51. The molecule has 0 saturated carbocycles. The minimum absolute atomic E-state index is 0.195. The Kier molecular flexibility index (Phi) is 9.36. The first kappa shape index (κ1) is 26.0. The fraction of sp³-hybridized carbons (Fsp3) is 0.360. The maximum atomic E-state index is 13.3. The van der Waals surface area contributed by atoms with Crippen molar-refractivity contribution in [3.63, 3.8) is 0 Å². The van der Waals surface area contributed by atoms with Crippen molar-refractivity contribution in [2.45, 2.75) is 45.8 Å². The van der Waals surface area contributed by atoms with Crippen LogP contribution in [0.4, 0.5) is 0 Å². The Morgan fingerprint density at radius 1 is 1.09 bits per heavy atom. The van der Waals surface area contributed by atoms with Gasteiger partial charge < -0.3 is 20.1 Å². The lowest BCUT2D eigenvalue weighted by Crippen LogP contribution is -2.36. The van der Waals surface area contributed by atoms with Crippen molar-refractivity contribution in [2.75, 3.05) is 13.7 Å². The van der Waals surface area contributed by atoms with Gasteiger partial charge in [-0.2, -0.15) is 9.78 Å². The van der Waals surface area contributed by atoms with Crippen molar-refractivity contribution in [3.8, 4) is 17.3 Å². The smallest absolute Gasteiger partial charge is 0.272 e. The Hall–Kier alpha value is -2.58. The Balaban J connectivity index is 2.13. The van der Waals surface area contributed by atoms with Crippen LogP contribution in [0.5, 0.6) is 11.6 Å². The summed E-state index contributed by atoms with van der Waals surface area (Å²) in [5.41, 5.74) is 1.47. The van der Waals surface area contributed by atoms with E-state index in [4.69, 9.17) is 32.7 Å². The largest absolute Gasteiger partial charge is 0.439 e. The average molecular weight is 505 g/mol. The number of benzene rings is 2. The summed E-state index contributed by atoms with van der Waals surface area (Å²) in [6, 6.07) is 14.3. The number of nitrogens with zero attached hydrogens (tertiary/aromatic N) is 2. The summed E-state index contributed by atoms with van der Waals surface area (Å²) in [6.45, 7) is 6.80. The van der Waals surface area contributed by atoms with Crippen LogP contribution in [0.15, 0.2) is 48.5 Å². The molecule has 0 aliphatic rings. The van der Waals surface area contributed by atoms with Crippen molar-refractivity contribution >= 4 is 29.1 Å². The Morgan fingerprint density at radius 3 is 2.44 bits per heavy atom. The molecule has 9 heteroatoms. The van der Waals surface area contributed by atoms with E-state index in [0.29, 0.717) is 46.1 Å². The molecule has 34 heavy (non-hydrogen) atoms. The van der Waals surface area contributed by atoms with E-state index in [2.05, 4.69) is 29.6 Å². The first-order chi connectivity index (χ1) is 16.3. The van der Waals surface area contributed by atoms with Gasteiger partial charge in [-0.05, 0) is 56.7 Å². The monoisotopic (exact) mass is 504 g/mol. The minimum atomic E-state index is -0.322. The fourth-order valence-electron chi connectivity index (χ4n) is 3.29. The number of hydrogen-bond donors (Lipinski definition) is 2. The van der Waals surface area contributed by atoms with Gasteiger partial charge in [0.25, 0.3) is 5.91 Å². The second-order valence-corrected chi connectivity index (χ2v) is 8.92. The predicted octanol–water partition coefficient (Wildman–Crippen LogP) is 5.62. The molecule has 2 aromatic carbocycles. The molecule has 0 bridgehead atoms. The van der Waals surface area contributed by atoms with Gasteiger partial charge >= 0.3 is 0 Å². The van der Waals surface area contributed by atoms with Crippen LogP contribution < -0.4 is 15.4 Å². The van der Waals surface area contributed by atoms with Gasteiger partial charge in [-0.1, -0.05) is 42.3 Å². The number of para-hydroxylation sites is 1. The molecule has 0 saturated heterocycles. The van der Waals surface area contributed by atoms with Crippen molar-refractivity contribution in [3.05, 3.63) is 69.8 Å². The normalized spacial score (nSPS) is 12.9. The highest BCUT2D eigenvalue weighted by Crippen LogP contribution is 2.33. The molecule has 0 aliphatic carbocycles. The SMILES string of the molecule is CCC(C)NCc1c(C(=O)NC(C)COC)nn(-c2ccccc2Cl)c1Oc1ccc(Cl)cc1. The van der Waals surface area contributed by atoms with Crippen LogP contribution >= 0.6 is 23.2 Å². The van der Waals surface area contributed by atoms with Crippen molar-refractivity contribution in [1.82, 2.24) is 20.4 Å². The first-order valence-electron chi connectivity index (χ1n) is 11.2. The number of rotatable bonds is 11. The molecule has 1 heterocycles. The number of carbonyl (C=O) groups is 1. The van der Waals surface area contributed by atoms with E-state index in [-0.39, 0.29) is 23.7 Å². The summed E-state index contributed by atoms with van der Waals surface area (Å²) in [5, 5.41) is 12.1. The van der Waals surface area contributed by atoms with E-state index >= 15 is 0 Å². The van der Waals surface area contributed by atoms with Crippen LogP contribution in [-0.2, 0) is 11.3 Å². The van der Waals surface area contributed by atoms with Gasteiger partial charge in [0.1, 0.15) is 5.75 Å². The number of carbonyl (C=O) groups excluding carboxylic acids is 1. The van der Waals surface area contributed by atoms with Crippen molar-refractivity contribution in [2.24, 2.45) is 0 Å². The lowest BCUT2D eigenvalue weighted by molar-refractivity contribution is 0.0899. The maximum absolute atomic E-state index is 13.3. The van der Waals surface area contributed by atoms with E-state index in [9.17, 15) is 4.79 Å². The molecule has 2 N–H and O–H groups in total. The lowest BCUT2D eigenvalue weighted by Gasteiger charge is -2.15. The molecule has 1 amide bonds. The van der Waals surface area contributed by atoms with Crippen molar-refractivity contribution in [1.29, 1.82) is 0 Å². The molecule has 2 atom stereocenters. The van der Waals surface area contributed by atoms with Gasteiger partial charge in [0.15, 0.2) is 5.69 Å². The zero-order valence-corrected chi connectivity index (χ0v) is 21.3. The van der Waals surface area contributed by atoms with E-state index < -0.39 is 0 Å². The number of methoxy groups -OCH3 is 1. The molecular weight excluding hydrogens is 475 g/mol. The summed E-state index contributed by atoms with van der Waals surface area (Å²) >= 11 is 12.6. The third-order valence-corrected chi connectivity index (χ3v) is 5.87. The molecule has 0 fully saturated rings. The first-order valence-corrected chi connectivity index (χ1v) is 11.9. The summed E-state index contributed by atoms with van der Waals surface area (Å²) < 4.78 is 13.0. The Morgan fingerprint density at radius 2 is 1.79 bits per heavy atom. The van der Waals surface area contributed by atoms with E-state index in [1.54, 1.807) is 42.1 Å². The maximum Gasteiger partial charge on any atom is 0.272 e. The molecule has 0 spiro atoms. The number of hydrogen-bond acceptors (Lipinski definition) is 5. The van der Waals surface area contributed by atoms with Gasteiger partial charge in [0.2, 0.25) is 5.88 Å². The quantitative estimate of drug-likeness (QED) is 0.354. The molecule has 0 radical (unpaired) electrons. The highest BCUT2D eigenvalue weighted by atomic mass is 35.5. The average Bonchev–Trinajstić information content (AvgIpc) is 3.17. The fourth-order valence-corrected chi connectivity index (χ4v) is 3.63. The van der Waals surface area contributed by atoms with Crippen LogP contribution in [0, 0.1) is 0 Å². The van der Waals surface area contributed by atoms with Crippen LogP contribution in [-0.4, -0.2) is 41.5 Å². The molecule has 7 nitrogen and oxygen atoms in total. The third-order valence-electron chi connectivity index (χ3n) is 5.29. The van der Waals surface area contributed by atoms with Crippen LogP contribution in [0.25, 0.3) is 5.69 Å². The summed E-state index contributed by atoms with van der Waals surface area (Å²) in [4.78, 5) is 13.3. The van der Waals surface area contributed by atoms with Crippen LogP contribution in [0.1, 0.15) is 43.2 Å². The second-order valence-electron chi connectivity index (χ2n) is 8.07. The molecule has 2 unspecified atom stereocenters. The molecule has 182 valence electrons. The summed E-state index contributed by atoms with van der Waals surface area (Å²) in [5.74, 6) is 0.634. The van der Waals surface area contributed by atoms with Crippen LogP contribution in [0.3, 0.4) is 0 Å². The predicted molar refractivity (Wildman–Crippen MR) is 135 cm³/mol. The lowest BCUT2D eigenvalue weighted by atomic mass is 10.2. The Labute approximate surface area is 210 Å². The number of aromatic nitrogens is 2. The zero-order valence-electron chi connectivity index (χ0n) is 19.8. The van der Waals surface area contributed by atoms with Gasteiger partial charge in [-0.25, -0.2) is 0 Å². The molecule has 3 aromatic rings. The van der Waals surface area contributed by atoms with Gasteiger partial charge in [0, 0.05) is 30.8 Å². The van der Waals surface area contributed by atoms with Gasteiger partial charge in [-0.15, -0.1) is 0 Å². The van der Waals surface area contributed by atoms with Gasteiger partial charge in [0.05, 0.1) is 22.9 Å². The van der Waals surface area contributed by atoms with Crippen LogP contribution in [0.2, 0.25) is 10.0 Å². The standard InChI is InChI=1S/C25H30Cl2N4O3/c1-5-16(2)28-14-20-23(24(32)29-17(3)15-33-4)30-31(22-9-7-6-8-21(22)27)25(20)34-19-12-10-18(26)11-13-19/h6-13,16-17,28H,5,14-15H2,1-4H3,(H,29,32). The molecule has 1 aromatic heterocycles. The minimum Gasteiger partial charge on any atom is -0.439 e. The summed E-state index contributed by atoms with van der Waals surface area (Å²) in [6.07, 6.45) is 0.929. The number of halogens is 2. The summed E-state index contributed by atoms with van der Waals surface area (Å²) in [7, 11) is 1.59. The highest BCUT2D eigenvalue weighted by Gasteiger charge is 2.27. The van der Waals surface area contributed by atoms with E-state index in [1.165, 1.54) is 0 Å². The highest BCUT2D eigenvalue weighted by molar-refractivity contribution is 6.32. The molecule has 3 rings (SSSR count). The number of ether oxygens (including phenoxy) is 2. The number of nitrogens with one attached hydrogen (secondary N) is 2.